The highest BCUT2D eigenvalue weighted by atomic mass is 16.5. The molecular formula is C28H26N2O6. The second kappa shape index (κ2) is 11.2. The van der Waals surface area contributed by atoms with Crippen molar-refractivity contribution in [2.75, 3.05) is 12.4 Å². The van der Waals surface area contributed by atoms with Crippen LogP contribution in [0.15, 0.2) is 83.4 Å². The Hall–Kier alpha value is -4.59. The minimum Gasteiger partial charge on any atom is -0.497 e. The standard InChI is InChI=1S/C28H26N2O6/c1-18-25(19(2)36-30-18)17-34-24-13-9-21(10-14-24)28(32)35-26(20-7-5-4-6-8-20)27(31)29-22-11-15-23(33-3)16-12-22/h4-16,26H,17H2,1-3H3,(H,29,31). The van der Waals surface area contributed by atoms with Gasteiger partial charge in [-0.3, -0.25) is 4.79 Å². The van der Waals surface area contributed by atoms with E-state index in [1.54, 1.807) is 79.9 Å². The van der Waals surface area contributed by atoms with E-state index in [0.29, 0.717) is 35.1 Å². The molecule has 0 aliphatic rings. The van der Waals surface area contributed by atoms with Gasteiger partial charge in [-0.1, -0.05) is 35.5 Å². The molecule has 4 rings (SSSR count). The van der Waals surface area contributed by atoms with Crippen LogP contribution in [0.25, 0.3) is 0 Å². The Morgan fingerprint density at radius 3 is 2.19 bits per heavy atom. The number of carbonyl (C=O) groups excluding carboxylic acids is 2. The third-order valence-corrected chi connectivity index (χ3v) is 5.58. The predicted octanol–water partition coefficient (Wildman–Crippen LogP) is 5.42. The van der Waals surface area contributed by atoms with Crippen molar-refractivity contribution in [1.82, 2.24) is 5.16 Å². The second-order valence-electron chi connectivity index (χ2n) is 8.03. The van der Waals surface area contributed by atoms with E-state index in [-0.39, 0.29) is 5.56 Å². The first-order valence-electron chi connectivity index (χ1n) is 11.3. The summed E-state index contributed by atoms with van der Waals surface area (Å²) in [5, 5.41) is 6.70. The van der Waals surface area contributed by atoms with Gasteiger partial charge in [0, 0.05) is 11.3 Å². The molecule has 8 nitrogen and oxygen atoms in total. The number of esters is 1. The normalized spacial score (nSPS) is 11.4. The molecule has 0 aliphatic heterocycles. The first-order chi connectivity index (χ1) is 17.4. The van der Waals surface area contributed by atoms with Crippen LogP contribution in [0.3, 0.4) is 0 Å². The molecule has 0 fully saturated rings. The van der Waals surface area contributed by atoms with Crippen LogP contribution in [0.2, 0.25) is 0 Å². The quantitative estimate of drug-likeness (QED) is 0.316. The van der Waals surface area contributed by atoms with Gasteiger partial charge < -0.3 is 24.1 Å². The van der Waals surface area contributed by atoms with Crippen LogP contribution < -0.4 is 14.8 Å². The molecule has 0 saturated heterocycles. The van der Waals surface area contributed by atoms with Gasteiger partial charge in [0.25, 0.3) is 5.91 Å². The topological polar surface area (TPSA) is 99.9 Å². The number of carbonyl (C=O) groups is 2. The van der Waals surface area contributed by atoms with E-state index in [1.807, 2.05) is 19.9 Å². The number of aryl methyl sites for hydroxylation is 2. The maximum atomic E-state index is 13.1. The Balaban J connectivity index is 1.45. The number of ether oxygens (including phenoxy) is 3. The van der Waals surface area contributed by atoms with Crippen molar-refractivity contribution in [3.63, 3.8) is 0 Å². The molecule has 1 amide bonds. The van der Waals surface area contributed by atoms with Gasteiger partial charge in [0.05, 0.1) is 23.9 Å². The molecule has 0 spiro atoms. The molecule has 0 saturated carbocycles. The molecule has 1 heterocycles. The Labute approximate surface area is 208 Å². The number of rotatable bonds is 9. The van der Waals surface area contributed by atoms with Crippen LogP contribution in [0.5, 0.6) is 11.5 Å². The first kappa shape index (κ1) is 24.5. The lowest BCUT2D eigenvalue weighted by atomic mass is 10.1. The summed E-state index contributed by atoms with van der Waals surface area (Å²) in [5.41, 5.74) is 3.05. The number of hydrogen-bond donors (Lipinski definition) is 1. The number of nitrogens with zero attached hydrogens (tertiary/aromatic N) is 1. The zero-order valence-corrected chi connectivity index (χ0v) is 20.2. The van der Waals surface area contributed by atoms with Crippen molar-refractivity contribution >= 4 is 17.6 Å². The third kappa shape index (κ3) is 5.90. The zero-order chi connectivity index (χ0) is 25.5. The zero-order valence-electron chi connectivity index (χ0n) is 20.2. The van der Waals surface area contributed by atoms with Gasteiger partial charge >= 0.3 is 5.97 Å². The largest absolute Gasteiger partial charge is 0.497 e. The van der Waals surface area contributed by atoms with E-state index >= 15 is 0 Å². The van der Waals surface area contributed by atoms with E-state index in [1.165, 1.54) is 0 Å². The summed E-state index contributed by atoms with van der Waals surface area (Å²) in [6, 6.07) is 22.3. The summed E-state index contributed by atoms with van der Waals surface area (Å²) in [4.78, 5) is 26.0. The molecule has 0 aliphatic carbocycles. The Morgan fingerprint density at radius 1 is 0.917 bits per heavy atom. The SMILES string of the molecule is COc1ccc(NC(=O)C(OC(=O)c2ccc(OCc3c(C)noc3C)cc2)c2ccccc2)cc1. The maximum Gasteiger partial charge on any atom is 0.339 e. The third-order valence-electron chi connectivity index (χ3n) is 5.58. The van der Waals surface area contributed by atoms with Crippen LogP contribution in [-0.4, -0.2) is 24.1 Å². The van der Waals surface area contributed by atoms with Crippen molar-refractivity contribution in [3.05, 3.63) is 107 Å². The molecule has 1 atom stereocenters. The van der Waals surface area contributed by atoms with Crippen LogP contribution in [-0.2, 0) is 16.1 Å². The van der Waals surface area contributed by atoms with Crippen LogP contribution in [0, 0.1) is 13.8 Å². The molecule has 1 N–H and O–H groups in total. The maximum absolute atomic E-state index is 13.1. The minimum atomic E-state index is -1.14. The Morgan fingerprint density at radius 2 is 1.58 bits per heavy atom. The van der Waals surface area contributed by atoms with Gasteiger partial charge in [-0.25, -0.2) is 4.79 Å². The summed E-state index contributed by atoms with van der Waals surface area (Å²) >= 11 is 0. The molecule has 36 heavy (non-hydrogen) atoms. The van der Waals surface area contributed by atoms with Gasteiger partial charge in [0.15, 0.2) is 0 Å². The average molecular weight is 487 g/mol. The van der Waals surface area contributed by atoms with E-state index in [9.17, 15) is 9.59 Å². The predicted molar refractivity (Wildman–Crippen MR) is 133 cm³/mol. The van der Waals surface area contributed by atoms with Gasteiger partial charge in [0.1, 0.15) is 23.9 Å². The summed E-state index contributed by atoms with van der Waals surface area (Å²) in [6.45, 7) is 3.97. The van der Waals surface area contributed by atoms with E-state index in [4.69, 9.17) is 18.7 Å². The van der Waals surface area contributed by atoms with Gasteiger partial charge in [-0.05, 0) is 62.4 Å². The van der Waals surface area contributed by atoms with Crippen LogP contribution in [0.1, 0.15) is 39.0 Å². The van der Waals surface area contributed by atoms with Crippen LogP contribution >= 0.6 is 0 Å². The minimum absolute atomic E-state index is 0.290. The molecular weight excluding hydrogens is 460 g/mol. The fraction of sp³-hybridized carbons (Fsp3) is 0.179. The van der Waals surface area contributed by atoms with Gasteiger partial charge in [-0.2, -0.15) is 0 Å². The molecule has 8 heteroatoms. The molecule has 1 unspecified atom stereocenters. The first-order valence-corrected chi connectivity index (χ1v) is 11.3. The summed E-state index contributed by atoms with van der Waals surface area (Å²) in [5.74, 6) is 0.833. The van der Waals surface area contributed by atoms with Crippen molar-refractivity contribution in [2.24, 2.45) is 0 Å². The number of amides is 1. The van der Waals surface area contributed by atoms with E-state index in [0.717, 1.165) is 11.3 Å². The smallest absolute Gasteiger partial charge is 0.339 e. The van der Waals surface area contributed by atoms with E-state index < -0.39 is 18.0 Å². The number of methoxy groups -OCH3 is 1. The molecule has 1 aromatic heterocycles. The summed E-state index contributed by atoms with van der Waals surface area (Å²) in [6.07, 6.45) is -1.14. The average Bonchev–Trinajstić information content (AvgIpc) is 3.23. The van der Waals surface area contributed by atoms with E-state index in [2.05, 4.69) is 10.5 Å². The van der Waals surface area contributed by atoms with Crippen molar-refractivity contribution in [1.29, 1.82) is 0 Å². The highest BCUT2D eigenvalue weighted by molar-refractivity contribution is 5.98. The highest BCUT2D eigenvalue weighted by Crippen LogP contribution is 2.24. The Kier molecular flexibility index (Phi) is 7.65. The molecule has 3 aromatic carbocycles. The van der Waals surface area contributed by atoms with Crippen molar-refractivity contribution in [2.45, 2.75) is 26.6 Å². The fourth-order valence-corrected chi connectivity index (χ4v) is 3.51. The van der Waals surface area contributed by atoms with Crippen LogP contribution in [0.4, 0.5) is 5.69 Å². The number of aromatic nitrogens is 1. The van der Waals surface area contributed by atoms with Crippen molar-refractivity contribution < 1.29 is 28.3 Å². The summed E-state index contributed by atoms with van der Waals surface area (Å²) in [7, 11) is 1.57. The lowest BCUT2D eigenvalue weighted by Gasteiger charge is -2.18. The number of nitrogens with one attached hydrogen (secondary N) is 1. The lowest BCUT2D eigenvalue weighted by Crippen LogP contribution is -2.26. The second-order valence-corrected chi connectivity index (χ2v) is 8.03. The molecule has 4 aromatic rings. The number of anilines is 1. The van der Waals surface area contributed by atoms with Crippen molar-refractivity contribution in [3.8, 4) is 11.5 Å². The molecule has 0 radical (unpaired) electrons. The molecule has 0 bridgehead atoms. The lowest BCUT2D eigenvalue weighted by molar-refractivity contribution is -0.125. The van der Waals surface area contributed by atoms with Gasteiger partial charge in [0.2, 0.25) is 6.10 Å². The van der Waals surface area contributed by atoms with Gasteiger partial charge in [-0.15, -0.1) is 0 Å². The Bertz CT molecular complexity index is 1300. The number of hydrogen-bond acceptors (Lipinski definition) is 7. The molecule has 184 valence electrons. The summed E-state index contributed by atoms with van der Waals surface area (Å²) < 4.78 is 21.7. The fourth-order valence-electron chi connectivity index (χ4n) is 3.51. The monoisotopic (exact) mass is 486 g/mol. The highest BCUT2D eigenvalue weighted by Gasteiger charge is 2.26. The number of benzene rings is 3.